The smallest absolute Gasteiger partial charge is 0.306 e. The summed E-state index contributed by atoms with van der Waals surface area (Å²) >= 11 is 0. The van der Waals surface area contributed by atoms with E-state index in [0.29, 0.717) is 26.1 Å². The fourth-order valence-electron chi connectivity index (χ4n) is 3.28. The van der Waals surface area contributed by atoms with Crippen LogP contribution in [-0.2, 0) is 14.3 Å². The number of likely N-dealkylation sites (tertiary alicyclic amines) is 1. The van der Waals surface area contributed by atoms with E-state index in [9.17, 15) is 9.59 Å². The SMILES string of the molecule is CCOC1CC(N)(C(=O)N2CC(C(C)C(=O)O)C2)C1(C)C. The molecule has 1 aliphatic carbocycles. The first-order valence-electron chi connectivity index (χ1n) is 7.57. The number of hydrogen-bond acceptors (Lipinski definition) is 4. The first-order chi connectivity index (χ1) is 9.65. The number of ether oxygens (including phenoxy) is 1. The number of nitrogens with two attached hydrogens (primary N) is 1. The summed E-state index contributed by atoms with van der Waals surface area (Å²) < 4.78 is 5.63. The minimum atomic E-state index is -0.899. The van der Waals surface area contributed by atoms with Crippen molar-refractivity contribution in [3.8, 4) is 0 Å². The average molecular weight is 298 g/mol. The molecule has 0 aromatic heterocycles. The van der Waals surface area contributed by atoms with Gasteiger partial charge in [-0.2, -0.15) is 0 Å². The lowest BCUT2D eigenvalue weighted by Crippen LogP contribution is -2.77. The highest BCUT2D eigenvalue weighted by Gasteiger charge is 2.64. The summed E-state index contributed by atoms with van der Waals surface area (Å²) in [4.78, 5) is 25.3. The van der Waals surface area contributed by atoms with E-state index < -0.39 is 22.8 Å². The van der Waals surface area contributed by atoms with E-state index in [-0.39, 0.29) is 17.9 Å². The Labute approximate surface area is 125 Å². The molecule has 6 nitrogen and oxygen atoms in total. The zero-order chi connectivity index (χ0) is 16.0. The summed E-state index contributed by atoms with van der Waals surface area (Å²) in [6.07, 6.45) is 0.536. The summed E-state index contributed by atoms with van der Waals surface area (Å²) in [5.74, 6) is -1.28. The molecule has 21 heavy (non-hydrogen) atoms. The van der Waals surface area contributed by atoms with Crippen LogP contribution in [0.5, 0.6) is 0 Å². The molecule has 2 fully saturated rings. The third-order valence-corrected chi connectivity index (χ3v) is 5.51. The normalized spacial score (nSPS) is 33.0. The van der Waals surface area contributed by atoms with Crippen molar-refractivity contribution in [2.45, 2.75) is 45.8 Å². The number of hydrogen-bond donors (Lipinski definition) is 2. The Hall–Kier alpha value is -1.14. The molecule has 3 N–H and O–H groups in total. The van der Waals surface area contributed by atoms with E-state index in [1.807, 2.05) is 20.8 Å². The van der Waals surface area contributed by atoms with E-state index in [1.54, 1.807) is 11.8 Å². The number of aliphatic carboxylic acids is 1. The van der Waals surface area contributed by atoms with E-state index in [4.69, 9.17) is 15.6 Å². The molecule has 3 unspecified atom stereocenters. The van der Waals surface area contributed by atoms with Crippen LogP contribution in [0.25, 0.3) is 0 Å². The minimum absolute atomic E-state index is 0.00599. The molecule has 1 amide bonds. The van der Waals surface area contributed by atoms with Crippen LogP contribution in [0.4, 0.5) is 0 Å². The summed E-state index contributed by atoms with van der Waals surface area (Å²) in [6.45, 7) is 9.13. The number of nitrogens with zero attached hydrogens (tertiary/aromatic N) is 1. The Kier molecular flexibility index (Phi) is 4.06. The highest BCUT2D eigenvalue weighted by Crippen LogP contribution is 2.51. The zero-order valence-corrected chi connectivity index (χ0v) is 13.3. The molecule has 6 heteroatoms. The zero-order valence-electron chi connectivity index (χ0n) is 13.3. The van der Waals surface area contributed by atoms with Crippen LogP contribution in [-0.4, -0.2) is 53.2 Å². The van der Waals surface area contributed by atoms with Crippen LogP contribution in [0.2, 0.25) is 0 Å². The van der Waals surface area contributed by atoms with E-state index >= 15 is 0 Å². The molecule has 1 saturated heterocycles. The van der Waals surface area contributed by atoms with Crippen LogP contribution in [0.3, 0.4) is 0 Å². The molecule has 0 spiro atoms. The van der Waals surface area contributed by atoms with Gasteiger partial charge in [-0.15, -0.1) is 0 Å². The van der Waals surface area contributed by atoms with Crippen molar-refractivity contribution in [1.29, 1.82) is 0 Å². The Morgan fingerprint density at radius 1 is 1.43 bits per heavy atom. The van der Waals surface area contributed by atoms with Gasteiger partial charge in [0.25, 0.3) is 0 Å². The van der Waals surface area contributed by atoms with Gasteiger partial charge in [-0.25, -0.2) is 0 Å². The van der Waals surface area contributed by atoms with Gasteiger partial charge in [-0.05, 0) is 6.92 Å². The summed E-state index contributed by atoms with van der Waals surface area (Å²) in [6, 6.07) is 0. The number of carbonyl (C=O) groups excluding carboxylic acids is 1. The van der Waals surface area contributed by atoms with Crippen molar-refractivity contribution in [3.05, 3.63) is 0 Å². The second-order valence-electron chi connectivity index (χ2n) is 6.94. The molecule has 3 atom stereocenters. The maximum absolute atomic E-state index is 12.6. The lowest BCUT2D eigenvalue weighted by Gasteiger charge is -2.60. The number of rotatable bonds is 5. The van der Waals surface area contributed by atoms with E-state index in [2.05, 4.69) is 0 Å². The van der Waals surface area contributed by atoms with Gasteiger partial charge in [-0.3, -0.25) is 9.59 Å². The fourth-order valence-corrected chi connectivity index (χ4v) is 3.28. The first-order valence-corrected chi connectivity index (χ1v) is 7.57. The molecular weight excluding hydrogens is 272 g/mol. The summed E-state index contributed by atoms with van der Waals surface area (Å²) in [5.41, 5.74) is 5.05. The third-order valence-electron chi connectivity index (χ3n) is 5.51. The molecule has 0 bridgehead atoms. The summed E-state index contributed by atoms with van der Waals surface area (Å²) in [5, 5.41) is 8.99. The highest BCUT2D eigenvalue weighted by atomic mass is 16.5. The van der Waals surface area contributed by atoms with Gasteiger partial charge < -0.3 is 20.5 Å². The maximum Gasteiger partial charge on any atom is 0.306 e. The number of carboxylic acid groups (broad SMARTS) is 1. The van der Waals surface area contributed by atoms with Crippen LogP contribution in [0, 0.1) is 17.3 Å². The quantitative estimate of drug-likeness (QED) is 0.779. The predicted molar refractivity (Wildman–Crippen MR) is 77.6 cm³/mol. The molecule has 1 heterocycles. The largest absolute Gasteiger partial charge is 0.481 e. The van der Waals surface area contributed by atoms with Gasteiger partial charge in [-0.1, -0.05) is 20.8 Å². The Morgan fingerprint density at radius 2 is 2.00 bits per heavy atom. The maximum atomic E-state index is 12.6. The van der Waals surface area contributed by atoms with Crippen molar-refractivity contribution in [1.82, 2.24) is 4.90 Å². The van der Waals surface area contributed by atoms with Crippen molar-refractivity contribution < 1.29 is 19.4 Å². The topological polar surface area (TPSA) is 92.9 Å². The molecule has 1 aliphatic heterocycles. The van der Waals surface area contributed by atoms with Crippen molar-refractivity contribution in [2.75, 3.05) is 19.7 Å². The van der Waals surface area contributed by atoms with Gasteiger partial charge in [0.15, 0.2) is 0 Å². The van der Waals surface area contributed by atoms with Gasteiger partial charge in [0.1, 0.15) is 5.54 Å². The number of carbonyl (C=O) groups is 2. The van der Waals surface area contributed by atoms with Crippen LogP contribution < -0.4 is 5.73 Å². The molecule has 120 valence electrons. The molecule has 1 saturated carbocycles. The fraction of sp³-hybridized carbons (Fsp3) is 0.867. The lowest BCUT2D eigenvalue weighted by atomic mass is 9.54. The van der Waals surface area contributed by atoms with Gasteiger partial charge in [0, 0.05) is 37.5 Å². The Morgan fingerprint density at radius 3 is 2.43 bits per heavy atom. The minimum Gasteiger partial charge on any atom is -0.481 e. The second kappa shape index (κ2) is 5.25. The number of amides is 1. The van der Waals surface area contributed by atoms with E-state index in [1.165, 1.54) is 0 Å². The van der Waals surface area contributed by atoms with Crippen molar-refractivity contribution in [2.24, 2.45) is 23.0 Å². The Bertz CT molecular complexity index is 445. The van der Waals surface area contributed by atoms with Crippen LogP contribution >= 0.6 is 0 Å². The van der Waals surface area contributed by atoms with Gasteiger partial charge in [0.05, 0.1) is 12.0 Å². The molecule has 0 aromatic rings. The predicted octanol–water partition coefficient (Wildman–Crippen LogP) is 0.698. The molecule has 2 rings (SSSR count). The average Bonchev–Trinajstić information content (AvgIpc) is 2.35. The lowest BCUT2D eigenvalue weighted by molar-refractivity contribution is -0.185. The van der Waals surface area contributed by atoms with Crippen molar-refractivity contribution >= 4 is 11.9 Å². The van der Waals surface area contributed by atoms with Gasteiger partial charge in [0.2, 0.25) is 5.91 Å². The van der Waals surface area contributed by atoms with Crippen LogP contribution in [0.1, 0.15) is 34.1 Å². The van der Waals surface area contributed by atoms with Gasteiger partial charge >= 0.3 is 5.97 Å². The first kappa shape index (κ1) is 16.2. The standard InChI is InChI=1S/C15H26N2O4/c1-5-21-11-6-15(16,14(11,3)4)13(20)17-7-10(8-17)9(2)12(18)19/h9-11H,5-8,16H2,1-4H3,(H,18,19). The third kappa shape index (κ3) is 2.34. The monoisotopic (exact) mass is 298 g/mol. The van der Waals surface area contributed by atoms with E-state index in [0.717, 1.165) is 0 Å². The highest BCUT2D eigenvalue weighted by molar-refractivity contribution is 5.89. The van der Waals surface area contributed by atoms with Crippen LogP contribution in [0.15, 0.2) is 0 Å². The number of carboxylic acids is 1. The second-order valence-corrected chi connectivity index (χ2v) is 6.94. The Balaban J connectivity index is 1.95. The van der Waals surface area contributed by atoms with Crippen molar-refractivity contribution in [3.63, 3.8) is 0 Å². The molecule has 0 radical (unpaired) electrons. The summed E-state index contributed by atoms with van der Waals surface area (Å²) in [7, 11) is 0. The molecule has 2 aliphatic rings. The molecular formula is C15H26N2O4. The molecule has 0 aromatic carbocycles.